The second-order valence-electron chi connectivity index (χ2n) is 3.00. The van der Waals surface area contributed by atoms with Crippen molar-refractivity contribution in [1.82, 2.24) is 4.98 Å². The van der Waals surface area contributed by atoms with Gasteiger partial charge in [0.2, 0.25) is 0 Å². The molecule has 0 spiro atoms. The number of aryl methyl sites for hydroxylation is 1. The monoisotopic (exact) mass is 239 g/mol. The van der Waals surface area contributed by atoms with Gasteiger partial charge in [0.15, 0.2) is 0 Å². The number of aromatic amines is 1. The van der Waals surface area contributed by atoms with Crippen molar-refractivity contribution in [3.63, 3.8) is 0 Å². The normalized spacial score (nSPS) is 10.7. The summed E-state index contributed by atoms with van der Waals surface area (Å²) in [5, 5.41) is 1.16. The van der Waals surface area contributed by atoms with Gasteiger partial charge < -0.3 is 9.72 Å². The van der Waals surface area contributed by atoms with E-state index in [1.165, 1.54) is 5.56 Å². The highest BCUT2D eigenvalue weighted by molar-refractivity contribution is 9.10. The molecule has 0 aliphatic rings. The Morgan fingerprint density at radius 2 is 2.15 bits per heavy atom. The topological polar surface area (TPSA) is 25.0 Å². The van der Waals surface area contributed by atoms with Gasteiger partial charge in [0.05, 0.1) is 7.11 Å². The highest BCUT2D eigenvalue weighted by Gasteiger charge is 2.05. The zero-order chi connectivity index (χ0) is 9.42. The lowest BCUT2D eigenvalue weighted by Gasteiger charge is -2.02. The third-order valence-electron chi connectivity index (χ3n) is 2.15. The van der Waals surface area contributed by atoms with Gasteiger partial charge >= 0.3 is 0 Å². The Labute approximate surface area is 85.0 Å². The van der Waals surface area contributed by atoms with E-state index in [0.717, 1.165) is 21.1 Å². The molecule has 2 aromatic rings. The first-order valence-electron chi connectivity index (χ1n) is 4.03. The maximum absolute atomic E-state index is 5.19. The average Bonchev–Trinajstić information content (AvgIpc) is 2.48. The van der Waals surface area contributed by atoms with Gasteiger partial charge in [-0.1, -0.05) is 0 Å². The van der Waals surface area contributed by atoms with Crippen LogP contribution in [0.1, 0.15) is 5.56 Å². The van der Waals surface area contributed by atoms with E-state index in [1.54, 1.807) is 7.11 Å². The molecule has 2 nitrogen and oxygen atoms in total. The van der Waals surface area contributed by atoms with E-state index < -0.39 is 0 Å². The fraction of sp³-hybridized carbons (Fsp3) is 0.200. The minimum Gasteiger partial charge on any atom is -0.497 e. The van der Waals surface area contributed by atoms with Gasteiger partial charge in [-0.15, -0.1) is 0 Å². The lowest BCUT2D eigenvalue weighted by atomic mass is 10.1. The van der Waals surface area contributed by atoms with E-state index in [4.69, 9.17) is 4.74 Å². The molecule has 0 saturated carbocycles. The van der Waals surface area contributed by atoms with Crippen LogP contribution >= 0.6 is 15.9 Å². The van der Waals surface area contributed by atoms with Crippen molar-refractivity contribution in [3.05, 3.63) is 28.4 Å². The molecular weight excluding hydrogens is 230 g/mol. The lowest BCUT2D eigenvalue weighted by molar-refractivity contribution is 0.415. The maximum atomic E-state index is 5.19. The molecule has 1 N–H and O–H groups in total. The fourth-order valence-electron chi connectivity index (χ4n) is 1.47. The zero-order valence-electron chi connectivity index (χ0n) is 7.52. The van der Waals surface area contributed by atoms with Crippen molar-refractivity contribution in [2.24, 2.45) is 0 Å². The molecule has 3 heteroatoms. The number of benzene rings is 1. The molecule has 1 heterocycles. The zero-order valence-corrected chi connectivity index (χ0v) is 9.10. The van der Waals surface area contributed by atoms with E-state index >= 15 is 0 Å². The number of hydrogen-bond donors (Lipinski definition) is 1. The number of rotatable bonds is 1. The van der Waals surface area contributed by atoms with E-state index in [-0.39, 0.29) is 0 Å². The summed E-state index contributed by atoms with van der Waals surface area (Å²) >= 11 is 3.48. The molecular formula is C10H10BrNO. The summed E-state index contributed by atoms with van der Waals surface area (Å²) in [6.45, 7) is 2.06. The molecule has 0 amide bonds. The van der Waals surface area contributed by atoms with Crippen molar-refractivity contribution in [2.75, 3.05) is 7.11 Å². The predicted molar refractivity (Wildman–Crippen MR) is 57.3 cm³/mol. The van der Waals surface area contributed by atoms with Crippen LogP contribution in [0.15, 0.2) is 22.8 Å². The molecule has 2 rings (SSSR count). The second-order valence-corrected chi connectivity index (χ2v) is 3.86. The molecule has 0 atom stereocenters. The van der Waals surface area contributed by atoms with E-state index in [9.17, 15) is 0 Å². The summed E-state index contributed by atoms with van der Waals surface area (Å²) in [5.41, 5.74) is 2.35. The Hall–Kier alpha value is -0.960. The van der Waals surface area contributed by atoms with E-state index in [2.05, 4.69) is 27.8 Å². The van der Waals surface area contributed by atoms with Crippen molar-refractivity contribution >= 4 is 26.8 Å². The molecule has 0 bridgehead atoms. The first-order chi connectivity index (χ1) is 6.22. The van der Waals surface area contributed by atoms with Crippen LogP contribution in [0.3, 0.4) is 0 Å². The minimum absolute atomic E-state index is 0.894. The van der Waals surface area contributed by atoms with Crippen LogP contribution in [0.5, 0.6) is 5.75 Å². The van der Waals surface area contributed by atoms with Crippen molar-refractivity contribution in [2.45, 2.75) is 6.92 Å². The van der Waals surface area contributed by atoms with Crippen LogP contribution in [0.25, 0.3) is 10.9 Å². The summed E-state index contributed by atoms with van der Waals surface area (Å²) < 4.78 is 6.27. The first kappa shape index (κ1) is 8.63. The molecule has 0 aliphatic heterocycles. The van der Waals surface area contributed by atoms with Crippen LogP contribution in [0.4, 0.5) is 0 Å². The van der Waals surface area contributed by atoms with Crippen molar-refractivity contribution in [3.8, 4) is 5.75 Å². The molecule has 0 aliphatic carbocycles. The molecule has 0 radical (unpaired) electrons. The number of ether oxygens (including phenoxy) is 1. The largest absolute Gasteiger partial charge is 0.497 e. The summed E-state index contributed by atoms with van der Waals surface area (Å²) in [6.07, 6.45) is 1.94. The second kappa shape index (κ2) is 3.07. The highest BCUT2D eigenvalue weighted by Crippen LogP contribution is 2.29. The van der Waals surface area contributed by atoms with Gasteiger partial charge in [-0.25, -0.2) is 0 Å². The molecule has 1 aromatic heterocycles. The molecule has 1 aromatic carbocycles. The smallest absolute Gasteiger partial charge is 0.119 e. The number of H-pyrrole nitrogens is 1. The van der Waals surface area contributed by atoms with E-state index in [1.807, 2.05) is 18.3 Å². The number of fused-ring (bicyclic) bond motifs is 1. The summed E-state index contributed by atoms with van der Waals surface area (Å²) in [6, 6.07) is 4.04. The van der Waals surface area contributed by atoms with Crippen molar-refractivity contribution in [1.29, 1.82) is 0 Å². The number of methoxy groups -OCH3 is 1. The molecule has 0 unspecified atom stereocenters. The quantitative estimate of drug-likeness (QED) is 0.813. The lowest BCUT2D eigenvalue weighted by Crippen LogP contribution is -1.84. The number of nitrogens with one attached hydrogen (secondary N) is 1. The third kappa shape index (κ3) is 1.33. The van der Waals surface area contributed by atoms with Gasteiger partial charge in [0.1, 0.15) is 5.75 Å². The molecule has 0 fully saturated rings. The first-order valence-corrected chi connectivity index (χ1v) is 4.83. The fourth-order valence-corrected chi connectivity index (χ4v) is 1.89. The Bertz CT molecular complexity index is 447. The summed E-state index contributed by atoms with van der Waals surface area (Å²) in [5.74, 6) is 0.894. The molecule has 13 heavy (non-hydrogen) atoms. The van der Waals surface area contributed by atoms with Gasteiger partial charge in [-0.3, -0.25) is 0 Å². The number of halogens is 1. The van der Waals surface area contributed by atoms with Gasteiger partial charge in [-0.2, -0.15) is 0 Å². The van der Waals surface area contributed by atoms with Crippen LogP contribution in [-0.4, -0.2) is 12.1 Å². The van der Waals surface area contributed by atoms with Gasteiger partial charge in [-0.05, 0) is 40.5 Å². The summed E-state index contributed by atoms with van der Waals surface area (Å²) in [7, 11) is 1.68. The molecule has 0 saturated heterocycles. The van der Waals surface area contributed by atoms with Crippen LogP contribution < -0.4 is 4.74 Å². The number of aromatic nitrogens is 1. The summed E-state index contributed by atoms with van der Waals surface area (Å²) in [4.78, 5) is 3.20. The Balaban J connectivity index is 2.80. The SMILES string of the molecule is COc1cc(C)c2[nH]cc(Br)c2c1. The Kier molecular flexibility index (Phi) is 2.04. The van der Waals surface area contributed by atoms with Crippen LogP contribution in [-0.2, 0) is 0 Å². The van der Waals surface area contributed by atoms with Gasteiger partial charge in [0.25, 0.3) is 0 Å². The standard InChI is InChI=1S/C10H10BrNO/c1-6-3-7(13-2)4-8-9(11)5-12-10(6)8/h3-5,12H,1-2H3. The Morgan fingerprint density at radius 1 is 1.38 bits per heavy atom. The average molecular weight is 240 g/mol. The Morgan fingerprint density at radius 3 is 2.85 bits per heavy atom. The van der Waals surface area contributed by atoms with Gasteiger partial charge in [0, 0.05) is 21.6 Å². The van der Waals surface area contributed by atoms with Crippen LogP contribution in [0, 0.1) is 6.92 Å². The predicted octanol–water partition coefficient (Wildman–Crippen LogP) is 3.25. The maximum Gasteiger partial charge on any atom is 0.119 e. The van der Waals surface area contributed by atoms with Crippen LogP contribution in [0.2, 0.25) is 0 Å². The third-order valence-corrected chi connectivity index (χ3v) is 2.80. The molecule has 68 valence electrons. The highest BCUT2D eigenvalue weighted by atomic mass is 79.9. The van der Waals surface area contributed by atoms with E-state index in [0.29, 0.717) is 0 Å². The number of hydrogen-bond acceptors (Lipinski definition) is 1. The van der Waals surface area contributed by atoms with Crippen molar-refractivity contribution < 1.29 is 4.74 Å². The minimum atomic E-state index is 0.894.